The molecule has 44 valence electrons. The van der Waals surface area contributed by atoms with Gasteiger partial charge in [-0.1, -0.05) is 0 Å². The Kier molecular flexibility index (Phi) is 2.68. The Morgan fingerprint density at radius 1 is 1.57 bits per heavy atom. The van der Waals surface area contributed by atoms with Gasteiger partial charge in [0.15, 0.2) is 0 Å². The predicted molar refractivity (Wildman–Crippen MR) is 26.2 cm³/mol. The first kappa shape index (κ1) is 7.30. The highest BCUT2D eigenvalue weighted by molar-refractivity contribution is 9.09. The maximum Gasteiger partial charge on any atom is 0.306 e. The Labute approximate surface area is 49.0 Å². The summed E-state index contributed by atoms with van der Waals surface area (Å²) >= 11 is 2.17. The van der Waals surface area contributed by atoms with E-state index in [1.807, 2.05) is 0 Å². The molecule has 0 aliphatic rings. The lowest BCUT2D eigenvalue weighted by Crippen LogP contribution is -2.51. The van der Waals surface area contributed by atoms with Crippen LogP contribution < -0.4 is 5.73 Å². The second kappa shape index (κ2) is 2.57. The van der Waals surface area contributed by atoms with Crippen molar-refractivity contribution in [2.45, 2.75) is 11.3 Å². The van der Waals surface area contributed by atoms with Gasteiger partial charge in [0.2, 0.25) is 0 Å². The SMILES string of the molecule is [NH3+]CCC(F)(F)Br. The van der Waals surface area contributed by atoms with Crippen LogP contribution in [0.4, 0.5) is 8.78 Å². The highest BCUT2D eigenvalue weighted by atomic mass is 79.9. The van der Waals surface area contributed by atoms with Gasteiger partial charge >= 0.3 is 4.83 Å². The lowest BCUT2D eigenvalue weighted by Gasteiger charge is -2.01. The van der Waals surface area contributed by atoms with Gasteiger partial charge in [-0.25, -0.2) is 0 Å². The number of quaternary nitrogens is 1. The number of alkyl halides is 3. The van der Waals surface area contributed by atoms with Gasteiger partial charge in [-0.05, 0) is 15.9 Å². The molecule has 0 saturated carbocycles. The van der Waals surface area contributed by atoms with Gasteiger partial charge in [0.25, 0.3) is 0 Å². The fourth-order valence-electron chi connectivity index (χ4n) is 0.200. The third-order valence-electron chi connectivity index (χ3n) is 0.460. The third kappa shape index (κ3) is 6.30. The largest absolute Gasteiger partial charge is 0.357 e. The maximum absolute atomic E-state index is 11.6. The summed E-state index contributed by atoms with van der Waals surface area (Å²) in [5.41, 5.74) is 3.26. The molecule has 3 N–H and O–H groups in total. The van der Waals surface area contributed by atoms with Crippen LogP contribution in [0.3, 0.4) is 0 Å². The quantitative estimate of drug-likeness (QED) is 0.595. The Morgan fingerprint density at radius 3 is 2.00 bits per heavy atom. The summed E-state index contributed by atoms with van der Waals surface area (Å²) < 4.78 is 23.2. The lowest BCUT2D eigenvalue weighted by molar-refractivity contribution is -0.372. The highest BCUT2D eigenvalue weighted by Gasteiger charge is 2.22. The molecule has 0 saturated heterocycles. The Bertz CT molecular complexity index is 51.4. The molecule has 0 fully saturated rings. The Morgan fingerprint density at radius 2 is 2.00 bits per heavy atom. The van der Waals surface area contributed by atoms with Crippen LogP contribution >= 0.6 is 15.9 Å². The van der Waals surface area contributed by atoms with Crippen molar-refractivity contribution >= 4 is 15.9 Å². The van der Waals surface area contributed by atoms with Crippen LogP contribution in [0.1, 0.15) is 6.42 Å². The minimum absolute atomic E-state index is 0.188. The fraction of sp³-hybridized carbons (Fsp3) is 1.00. The summed E-state index contributed by atoms with van der Waals surface area (Å²) in [5, 5.41) is 0. The normalized spacial score (nSPS) is 12.0. The number of halogens is 3. The third-order valence-corrected chi connectivity index (χ3v) is 0.857. The first-order chi connectivity index (χ1) is 3.06. The van der Waals surface area contributed by atoms with E-state index >= 15 is 0 Å². The van der Waals surface area contributed by atoms with Crippen LogP contribution in [0.25, 0.3) is 0 Å². The molecule has 0 aromatic carbocycles. The van der Waals surface area contributed by atoms with Crippen LogP contribution in [0.2, 0.25) is 0 Å². The molecule has 0 bridgehead atoms. The molecule has 0 aliphatic heterocycles. The van der Waals surface area contributed by atoms with Crippen molar-refractivity contribution in [2.24, 2.45) is 0 Å². The van der Waals surface area contributed by atoms with E-state index < -0.39 is 4.83 Å². The van der Waals surface area contributed by atoms with E-state index in [4.69, 9.17) is 0 Å². The number of hydrogen-bond donors (Lipinski definition) is 1. The molecule has 4 heteroatoms. The topological polar surface area (TPSA) is 27.6 Å². The standard InChI is InChI=1S/C3H6BrF2N/c4-3(5,6)1-2-7/h1-2,7H2/p+1. The second-order valence-corrected chi connectivity index (χ2v) is 2.38. The van der Waals surface area contributed by atoms with Crippen LogP contribution in [0, 0.1) is 0 Å². The van der Waals surface area contributed by atoms with E-state index in [1.54, 1.807) is 0 Å². The van der Waals surface area contributed by atoms with E-state index in [0.717, 1.165) is 0 Å². The zero-order chi connectivity index (χ0) is 5.91. The zero-order valence-electron chi connectivity index (χ0n) is 3.76. The zero-order valence-corrected chi connectivity index (χ0v) is 5.34. The Hall–Kier alpha value is 0.300. The van der Waals surface area contributed by atoms with Crippen molar-refractivity contribution in [3.05, 3.63) is 0 Å². The minimum atomic E-state index is -2.70. The van der Waals surface area contributed by atoms with E-state index in [-0.39, 0.29) is 13.0 Å². The van der Waals surface area contributed by atoms with Gasteiger partial charge in [-0.15, -0.1) is 0 Å². The van der Waals surface area contributed by atoms with Crippen molar-refractivity contribution in [1.29, 1.82) is 0 Å². The smallest absolute Gasteiger partial charge is 0.306 e. The van der Waals surface area contributed by atoms with Gasteiger partial charge in [0.1, 0.15) is 0 Å². The molecule has 0 aromatic rings. The van der Waals surface area contributed by atoms with Crippen LogP contribution in [-0.4, -0.2) is 11.4 Å². The highest BCUT2D eigenvalue weighted by Crippen LogP contribution is 2.23. The summed E-state index contributed by atoms with van der Waals surface area (Å²) in [7, 11) is 0. The van der Waals surface area contributed by atoms with Crippen molar-refractivity contribution < 1.29 is 14.5 Å². The second-order valence-electron chi connectivity index (χ2n) is 1.22. The average molecular weight is 175 g/mol. The van der Waals surface area contributed by atoms with Gasteiger partial charge in [-0.3, -0.25) is 0 Å². The molecule has 0 rings (SSSR count). The summed E-state index contributed by atoms with van der Waals surface area (Å²) in [6.07, 6.45) is -0.188. The molecule has 0 aliphatic carbocycles. The molecular formula is C3H7BrF2N+. The van der Waals surface area contributed by atoms with Gasteiger partial charge in [0.05, 0.1) is 13.0 Å². The molecule has 7 heavy (non-hydrogen) atoms. The number of hydrogen-bond acceptors (Lipinski definition) is 0. The Balaban J connectivity index is 3.15. The van der Waals surface area contributed by atoms with E-state index in [1.165, 1.54) is 0 Å². The first-order valence-corrected chi connectivity index (χ1v) is 2.71. The number of rotatable bonds is 2. The average Bonchev–Trinajstić information content (AvgIpc) is 1.30. The molecule has 0 radical (unpaired) electrons. The van der Waals surface area contributed by atoms with E-state index in [9.17, 15) is 8.78 Å². The van der Waals surface area contributed by atoms with Crippen molar-refractivity contribution in [1.82, 2.24) is 0 Å². The van der Waals surface area contributed by atoms with Gasteiger partial charge in [0, 0.05) is 0 Å². The van der Waals surface area contributed by atoms with E-state index in [2.05, 4.69) is 21.7 Å². The van der Waals surface area contributed by atoms with Crippen LogP contribution in [-0.2, 0) is 0 Å². The fourth-order valence-corrected chi connectivity index (χ4v) is 0.481. The van der Waals surface area contributed by atoms with Crippen molar-refractivity contribution in [3.8, 4) is 0 Å². The molecule has 0 atom stereocenters. The lowest BCUT2D eigenvalue weighted by atomic mass is 10.5. The molecule has 0 heterocycles. The molecule has 1 nitrogen and oxygen atoms in total. The van der Waals surface area contributed by atoms with Crippen LogP contribution in [0.5, 0.6) is 0 Å². The summed E-state index contributed by atoms with van der Waals surface area (Å²) in [6, 6.07) is 0. The predicted octanol–water partition coefficient (Wildman–Crippen LogP) is 0.606. The monoisotopic (exact) mass is 174 g/mol. The summed E-state index contributed by atoms with van der Waals surface area (Å²) in [5.74, 6) is 0. The molecule has 0 aromatic heterocycles. The molecule has 0 unspecified atom stereocenters. The summed E-state index contributed by atoms with van der Waals surface area (Å²) in [6.45, 7) is 0.262. The molecular weight excluding hydrogens is 168 g/mol. The molecule has 0 spiro atoms. The van der Waals surface area contributed by atoms with Gasteiger partial charge in [-0.2, -0.15) is 8.78 Å². The van der Waals surface area contributed by atoms with E-state index in [0.29, 0.717) is 0 Å². The molecule has 0 amide bonds. The summed E-state index contributed by atoms with van der Waals surface area (Å²) in [4.78, 5) is -2.70. The minimum Gasteiger partial charge on any atom is -0.357 e. The van der Waals surface area contributed by atoms with Gasteiger partial charge < -0.3 is 5.73 Å². The first-order valence-electron chi connectivity index (χ1n) is 1.92. The van der Waals surface area contributed by atoms with Crippen LogP contribution in [0.15, 0.2) is 0 Å². The van der Waals surface area contributed by atoms with Crippen molar-refractivity contribution in [2.75, 3.05) is 6.54 Å². The maximum atomic E-state index is 11.6. The van der Waals surface area contributed by atoms with Crippen molar-refractivity contribution in [3.63, 3.8) is 0 Å².